The molecule has 1 aromatic heterocycles. The lowest BCUT2D eigenvalue weighted by Crippen LogP contribution is -2.46. The van der Waals surface area contributed by atoms with Crippen LogP contribution in [0.25, 0.3) is 0 Å². The van der Waals surface area contributed by atoms with Gasteiger partial charge in [0.25, 0.3) is 11.8 Å². The minimum Gasteiger partial charge on any atom is -0.480 e. The van der Waals surface area contributed by atoms with E-state index in [0.717, 1.165) is 10.5 Å². The predicted molar refractivity (Wildman–Crippen MR) is 122 cm³/mol. The van der Waals surface area contributed by atoms with Crippen molar-refractivity contribution < 1.29 is 29.0 Å². The summed E-state index contributed by atoms with van der Waals surface area (Å²) in [6.45, 7) is 5.48. The highest BCUT2D eigenvalue weighted by molar-refractivity contribution is 7.99. The fourth-order valence-electron chi connectivity index (χ4n) is 3.18. The number of nitrogens with one attached hydrogen (secondary N) is 1. The number of alkyl carbamates (subject to hydrolysis) is 1. The molecule has 0 fully saturated rings. The lowest BCUT2D eigenvalue weighted by Gasteiger charge is -2.25. The summed E-state index contributed by atoms with van der Waals surface area (Å²) in [5, 5.41) is 16.0. The maximum absolute atomic E-state index is 12.7. The van der Waals surface area contributed by atoms with Crippen molar-refractivity contribution in [2.75, 3.05) is 12.3 Å². The summed E-state index contributed by atoms with van der Waals surface area (Å²) in [6.07, 6.45) is -0.575. The number of nitrogens with zero attached hydrogens (tertiary/aromatic N) is 1. The molecule has 32 heavy (non-hydrogen) atoms. The second-order valence-electron chi connectivity index (χ2n) is 8.14. The highest BCUT2D eigenvalue weighted by Gasteiger charge is 2.43. The monoisotopic (exact) mass is 476 g/mol. The number of carbonyl (C=O) groups excluding carboxylic acids is 3. The summed E-state index contributed by atoms with van der Waals surface area (Å²) >= 11 is 2.73. The van der Waals surface area contributed by atoms with Crippen LogP contribution < -0.4 is 5.32 Å². The van der Waals surface area contributed by atoms with Gasteiger partial charge in [-0.2, -0.15) is 11.3 Å². The number of carboxylic acid groups (broad SMARTS) is 1. The van der Waals surface area contributed by atoms with Gasteiger partial charge in [0.05, 0.1) is 11.1 Å². The molecule has 0 spiro atoms. The molecule has 10 heteroatoms. The average Bonchev–Trinajstić information content (AvgIpc) is 3.32. The summed E-state index contributed by atoms with van der Waals surface area (Å²) in [5.41, 5.74) is 0.668. The number of rotatable bonds is 8. The van der Waals surface area contributed by atoms with E-state index < -0.39 is 35.5 Å². The van der Waals surface area contributed by atoms with Gasteiger partial charge in [-0.15, -0.1) is 11.8 Å². The van der Waals surface area contributed by atoms with E-state index >= 15 is 0 Å². The molecule has 3 rings (SSSR count). The van der Waals surface area contributed by atoms with Crippen molar-refractivity contribution in [3.05, 3.63) is 57.8 Å². The Bertz CT molecular complexity index is 981. The number of carbonyl (C=O) groups is 4. The smallest absolute Gasteiger partial charge is 0.407 e. The van der Waals surface area contributed by atoms with Gasteiger partial charge in [0.1, 0.15) is 11.6 Å². The molecule has 1 aliphatic rings. The maximum Gasteiger partial charge on any atom is 0.407 e. The minimum atomic E-state index is -1.34. The lowest BCUT2D eigenvalue weighted by atomic mass is 10.1. The van der Waals surface area contributed by atoms with Crippen LogP contribution in [0.15, 0.2) is 41.1 Å². The molecule has 2 heterocycles. The Hall–Kier alpha value is -2.85. The Labute approximate surface area is 193 Å². The van der Waals surface area contributed by atoms with Gasteiger partial charge < -0.3 is 15.2 Å². The molecule has 3 amide bonds. The highest BCUT2D eigenvalue weighted by Crippen LogP contribution is 2.33. The van der Waals surface area contributed by atoms with Crippen molar-refractivity contribution in [3.8, 4) is 0 Å². The van der Waals surface area contributed by atoms with Crippen molar-refractivity contribution in [2.24, 2.45) is 0 Å². The third-order valence-electron chi connectivity index (χ3n) is 4.62. The SMILES string of the molecule is CC(C)(C)OC(=O)NCC(SCC(C(=O)O)N1C(=O)c2ccccc2C1=O)c1ccsc1. The molecule has 2 N–H and O–H groups in total. The number of hydrogen-bond donors (Lipinski definition) is 2. The number of carboxylic acids is 1. The molecule has 0 aliphatic carbocycles. The molecule has 2 unspecified atom stereocenters. The number of aliphatic carboxylic acids is 1. The van der Waals surface area contributed by atoms with Crippen molar-refractivity contribution in [2.45, 2.75) is 37.7 Å². The highest BCUT2D eigenvalue weighted by atomic mass is 32.2. The first-order valence-electron chi connectivity index (χ1n) is 9.88. The first kappa shape index (κ1) is 23.8. The normalized spacial score (nSPS) is 15.3. The van der Waals surface area contributed by atoms with Crippen molar-refractivity contribution in [1.29, 1.82) is 0 Å². The van der Waals surface area contributed by atoms with E-state index in [4.69, 9.17) is 4.74 Å². The lowest BCUT2D eigenvalue weighted by molar-refractivity contribution is -0.140. The van der Waals surface area contributed by atoms with Crippen LogP contribution in [0.2, 0.25) is 0 Å². The van der Waals surface area contributed by atoms with Gasteiger partial charge in [-0.25, -0.2) is 9.59 Å². The van der Waals surface area contributed by atoms with Crippen LogP contribution in [0.3, 0.4) is 0 Å². The van der Waals surface area contributed by atoms with Gasteiger partial charge in [0, 0.05) is 17.5 Å². The van der Waals surface area contributed by atoms with Gasteiger partial charge in [0.15, 0.2) is 0 Å². The third kappa shape index (κ3) is 5.49. The summed E-state index contributed by atoms with van der Waals surface area (Å²) in [5.74, 6) is -2.52. The first-order chi connectivity index (χ1) is 15.1. The Morgan fingerprint density at radius 3 is 2.28 bits per heavy atom. The number of thioether (sulfide) groups is 1. The molecule has 2 atom stereocenters. The van der Waals surface area contributed by atoms with Crippen LogP contribution in [0, 0.1) is 0 Å². The second kappa shape index (κ2) is 9.74. The molecule has 0 saturated carbocycles. The van der Waals surface area contributed by atoms with Crippen LogP contribution in [-0.2, 0) is 9.53 Å². The van der Waals surface area contributed by atoms with Gasteiger partial charge >= 0.3 is 12.1 Å². The first-order valence-corrected chi connectivity index (χ1v) is 11.9. The summed E-state index contributed by atoms with van der Waals surface area (Å²) in [6, 6.07) is 6.84. The number of ether oxygens (including phenoxy) is 1. The number of fused-ring (bicyclic) bond motifs is 1. The van der Waals surface area contributed by atoms with E-state index in [1.165, 1.54) is 35.2 Å². The fraction of sp³-hybridized carbons (Fsp3) is 0.364. The Morgan fingerprint density at radius 1 is 1.16 bits per heavy atom. The van der Waals surface area contributed by atoms with Gasteiger partial charge in [-0.3, -0.25) is 14.5 Å². The molecular formula is C22H24N2O6S2. The molecule has 1 aliphatic heterocycles. The fourth-order valence-corrected chi connectivity index (χ4v) is 5.22. The molecule has 2 aromatic rings. The summed E-state index contributed by atoms with van der Waals surface area (Å²) in [4.78, 5) is 50.4. The molecule has 0 bridgehead atoms. The molecule has 1 aromatic carbocycles. The number of thiophene rings is 1. The molecule has 8 nitrogen and oxygen atoms in total. The predicted octanol–water partition coefficient (Wildman–Crippen LogP) is 3.80. The zero-order valence-electron chi connectivity index (χ0n) is 17.9. The van der Waals surface area contributed by atoms with Crippen LogP contribution in [0.1, 0.15) is 52.3 Å². The largest absolute Gasteiger partial charge is 0.480 e. The zero-order valence-corrected chi connectivity index (χ0v) is 19.5. The van der Waals surface area contributed by atoms with E-state index in [-0.39, 0.29) is 28.7 Å². The maximum atomic E-state index is 12.7. The second-order valence-corrected chi connectivity index (χ2v) is 10.2. The third-order valence-corrected chi connectivity index (χ3v) is 6.67. The van der Waals surface area contributed by atoms with Crippen molar-refractivity contribution in [1.82, 2.24) is 10.2 Å². The van der Waals surface area contributed by atoms with Crippen LogP contribution in [0.5, 0.6) is 0 Å². The molecular weight excluding hydrogens is 452 g/mol. The molecule has 170 valence electrons. The quantitative estimate of drug-likeness (QED) is 0.557. The van der Waals surface area contributed by atoms with Crippen LogP contribution >= 0.6 is 23.1 Å². The van der Waals surface area contributed by atoms with Gasteiger partial charge in [-0.05, 0) is 55.3 Å². The van der Waals surface area contributed by atoms with E-state index in [1.807, 2.05) is 16.8 Å². The van der Waals surface area contributed by atoms with E-state index in [2.05, 4.69) is 5.32 Å². The van der Waals surface area contributed by atoms with Crippen LogP contribution in [-0.4, -0.2) is 57.8 Å². The van der Waals surface area contributed by atoms with E-state index in [9.17, 15) is 24.3 Å². The summed E-state index contributed by atoms with van der Waals surface area (Å²) in [7, 11) is 0. The van der Waals surface area contributed by atoms with Crippen molar-refractivity contribution in [3.63, 3.8) is 0 Å². The Morgan fingerprint density at radius 2 is 1.78 bits per heavy atom. The number of imide groups is 1. The number of benzene rings is 1. The Kier molecular flexibility index (Phi) is 7.25. The Balaban J connectivity index is 1.72. The number of hydrogen-bond acceptors (Lipinski definition) is 7. The number of amides is 3. The minimum absolute atomic E-state index is 0.0304. The topological polar surface area (TPSA) is 113 Å². The average molecular weight is 477 g/mol. The molecule has 0 saturated heterocycles. The van der Waals surface area contributed by atoms with Crippen LogP contribution in [0.4, 0.5) is 4.79 Å². The van der Waals surface area contributed by atoms with Gasteiger partial charge in [0.2, 0.25) is 0 Å². The zero-order chi connectivity index (χ0) is 23.5. The van der Waals surface area contributed by atoms with Gasteiger partial charge in [-0.1, -0.05) is 12.1 Å². The summed E-state index contributed by atoms with van der Waals surface area (Å²) < 4.78 is 5.27. The van der Waals surface area contributed by atoms with E-state index in [1.54, 1.807) is 32.9 Å². The van der Waals surface area contributed by atoms with E-state index in [0.29, 0.717) is 0 Å². The van der Waals surface area contributed by atoms with Crippen molar-refractivity contribution >= 4 is 47.0 Å². The standard InChI is InChI=1S/C22H24N2O6S2/c1-22(2,3)30-21(29)23-10-17(13-8-9-31-11-13)32-12-16(20(27)28)24-18(25)14-6-4-5-7-15(14)19(24)26/h4-9,11,16-17H,10,12H2,1-3H3,(H,23,29)(H,27,28). The molecule has 0 radical (unpaired) electrons.